The van der Waals surface area contributed by atoms with Crippen molar-refractivity contribution < 1.29 is 4.79 Å². The van der Waals surface area contributed by atoms with E-state index >= 15 is 0 Å². The van der Waals surface area contributed by atoms with E-state index in [-0.39, 0.29) is 16.9 Å². The quantitative estimate of drug-likeness (QED) is 0.764. The lowest BCUT2D eigenvalue weighted by Crippen LogP contribution is -2.45. The normalized spacial score (nSPS) is 21.0. The molecule has 1 fully saturated rings. The number of hydrogen-bond donors (Lipinski definition) is 2. The zero-order chi connectivity index (χ0) is 19.5. The average molecular weight is 382 g/mol. The van der Waals surface area contributed by atoms with E-state index < -0.39 is 0 Å². The topological polar surface area (TPSA) is 98.0 Å². The maximum Gasteiger partial charge on any atom is 0.274 e. The van der Waals surface area contributed by atoms with Gasteiger partial charge in [0.1, 0.15) is 5.82 Å². The molecule has 0 unspecified atom stereocenters. The minimum atomic E-state index is -0.0592. The Bertz CT molecular complexity index is 999. The number of piperidine rings is 1. The standard InChI is InChI=1S/C20H26N6O2/c1-12-21-17-13(18(27)22-12)3-5-20(17)6-9-26(10-7-20)19(28)16-14-11-25(2)8-4-15(14)23-24-16/h3-11H2,1-2H3,(H,23,24)(H,21,22,27). The van der Waals surface area contributed by atoms with Gasteiger partial charge in [0.15, 0.2) is 5.69 Å². The number of nitrogens with zero attached hydrogens (tertiary/aromatic N) is 4. The fraction of sp³-hybridized carbons (Fsp3) is 0.600. The Kier molecular flexibility index (Phi) is 3.94. The number of carbonyl (C=O) groups excluding carboxylic acids is 1. The molecule has 0 atom stereocenters. The monoisotopic (exact) mass is 382 g/mol. The summed E-state index contributed by atoms with van der Waals surface area (Å²) >= 11 is 0. The largest absolute Gasteiger partial charge is 0.337 e. The van der Waals surface area contributed by atoms with E-state index in [0.717, 1.165) is 67.7 Å². The molecule has 148 valence electrons. The average Bonchev–Trinajstić information content (AvgIpc) is 3.24. The third-order valence-electron chi connectivity index (χ3n) is 6.82. The molecule has 0 aromatic carbocycles. The molecule has 5 rings (SSSR count). The third-order valence-corrected chi connectivity index (χ3v) is 6.82. The summed E-state index contributed by atoms with van der Waals surface area (Å²) in [5.41, 5.74) is 4.48. The Labute approximate surface area is 163 Å². The molecule has 4 heterocycles. The molecule has 8 heteroatoms. The lowest BCUT2D eigenvalue weighted by atomic mass is 9.76. The van der Waals surface area contributed by atoms with Crippen molar-refractivity contribution in [1.29, 1.82) is 0 Å². The van der Waals surface area contributed by atoms with Crippen molar-refractivity contribution in [3.8, 4) is 0 Å². The van der Waals surface area contributed by atoms with E-state index in [4.69, 9.17) is 4.98 Å². The van der Waals surface area contributed by atoms with Gasteiger partial charge in [0.2, 0.25) is 0 Å². The van der Waals surface area contributed by atoms with Gasteiger partial charge in [-0.05, 0) is 39.7 Å². The van der Waals surface area contributed by atoms with Gasteiger partial charge in [-0.15, -0.1) is 0 Å². The van der Waals surface area contributed by atoms with Gasteiger partial charge in [0, 0.05) is 54.8 Å². The summed E-state index contributed by atoms with van der Waals surface area (Å²) in [4.78, 5) is 37.1. The maximum absolute atomic E-state index is 13.2. The maximum atomic E-state index is 13.2. The molecule has 1 spiro atoms. The van der Waals surface area contributed by atoms with Crippen LogP contribution in [0.4, 0.5) is 0 Å². The predicted molar refractivity (Wildman–Crippen MR) is 103 cm³/mol. The zero-order valence-corrected chi connectivity index (χ0v) is 16.5. The number of aryl methyl sites for hydroxylation is 1. The summed E-state index contributed by atoms with van der Waals surface area (Å²) in [5, 5.41) is 7.42. The van der Waals surface area contributed by atoms with Crippen molar-refractivity contribution in [3.05, 3.63) is 44.4 Å². The predicted octanol–water partition coefficient (Wildman–Crippen LogP) is 0.910. The molecule has 8 nitrogen and oxygen atoms in total. The number of rotatable bonds is 1. The highest BCUT2D eigenvalue weighted by Gasteiger charge is 2.45. The first-order valence-corrected chi connectivity index (χ1v) is 10.1. The van der Waals surface area contributed by atoms with Crippen molar-refractivity contribution in [2.24, 2.45) is 0 Å². The summed E-state index contributed by atoms with van der Waals surface area (Å²) in [5.74, 6) is 0.701. The highest BCUT2D eigenvalue weighted by atomic mass is 16.2. The molecular formula is C20H26N6O2. The number of likely N-dealkylation sites (tertiary alicyclic amines) is 1. The van der Waals surface area contributed by atoms with Crippen LogP contribution < -0.4 is 5.56 Å². The lowest BCUT2D eigenvalue weighted by molar-refractivity contribution is 0.0655. The van der Waals surface area contributed by atoms with Crippen molar-refractivity contribution in [2.45, 2.75) is 51.0 Å². The summed E-state index contributed by atoms with van der Waals surface area (Å²) in [7, 11) is 2.07. The second kappa shape index (κ2) is 6.27. The molecule has 28 heavy (non-hydrogen) atoms. The Morgan fingerprint density at radius 3 is 2.68 bits per heavy atom. The van der Waals surface area contributed by atoms with E-state index in [9.17, 15) is 9.59 Å². The van der Waals surface area contributed by atoms with Crippen molar-refractivity contribution in [3.63, 3.8) is 0 Å². The minimum Gasteiger partial charge on any atom is -0.337 e. The van der Waals surface area contributed by atoms with Crippen LogP contribution in [0.1, 0.15) is 58.1 Å². The molecule has 2 aliphatic heterocycles. The van der Waals surface area contributed by atoms with E-state index in [1.807, 2.05) is 11.8 Å². The molecule has 2 N–H and O–H groups in total. The molecule has 1 saturated heterocycles. The first-order valence-electron chi connectivity index (χ1n) is 10.1. The molecule has 3 aliphatic rings. The Morgan fingerprint density at radius 2 is 1.89 bits per heavy atom. The molecule has 0 bridgehead atoms. The summed E-state index contributed by atoms with van der Waals surface area (Å²) in [6.45, 7) is 4.96. The number of carbonyl (C=O) groups is 1. The molecule has 2 aromatic heterocycles. The first kappa shape index (κ1) is 17.6. The lowest BCUT2D eigenvalue weighted by Gasteiger charge is -2.39. The number of nitrogens with one attached hydrogen (secondary N) is 2. The number of aromatic amines is 2. The van der Waals surface area contributed by atoms with Gasteiger partial charge in [0.05, 0.1) is 5.69 Å². The zero-order valence-electron chi connectivity index (χ0n) is 16.5. The van der Waals surface area contributed by atoms with Crippen LogP contribution in [-0.4, -0.2) is 62.6 Å². The number of likely N-dealkylation sites (N-methyl/N-ethyl adjacent to an activating group) is 1. The highest BCUT2D eigenvalue weighted by Crippen LogP contribution is 2.44. The first-order chi connectivity index (χ1) is 13.5. The number of hydrogen-bond acceptors (Lipinski definition) is 5. The van der Waals surface area contributed by atoms with Gasteiger partial charge >= 0.3 is 0 Å². The summed E-state index contributed by atoms with van der Waals surface area (Å²) in [6.07, 6.45) is 4.35. The number of H-pyrrole nitrogens is 2. The van der Waals surface area contributed by atoms with Gasteiger partial charge in [-0.1, -0.05) is 0 Å². The van der Waals surface area contributed by atoms with Crippen molar-refractivity contribution >= 4 is 5.91 Å². The van der Waals surface area contributed by atoms with Gasteiger partial charge in [-0.3, -0.25) is 14.7 Å². The van der Waals surface area contributed by atoms with Gasteiger partial charge in [0.25, 0.3) is 11.5 Å². The van der Waals surface area contributed by atoms with Crippen LogP contribution in [0, 0.1) is 6.92 Å². The second-order valence-electron chi connectivity index (χ2n) is 8.57. The van der Waals surface area contributed by atoms with Crippen molar-refractivity contribution in [1.82, 2.24) is 30.0 Å². The fourth-order valence-electron chi connectivity index (χ4n) is 5.15. The number of fused-ring (bicyclic) bond motifs is 3. The second-order valence-corrected chi connectivity index (χ2v) is 8.57. The van der Waals surface area contributed by atoms with E-state index in [1.165, 1.54) is 0 Å². The molecular weight excluding hydrogens is 356 g/mol. The van der Waals surface area contributed by atoms with Gasteiger partial charge in [-0.25, -0.2) is 4.98 Å². The molecule has 0 saturated carbocycles. The molecule has 1 aliphatic carbocycles. The molecule has 0 radical (unpaired) electrons. The van der Waals surface area contributed by atoms with Gasteiger partial charge < -0.3 is 14.8 Å². The Balaban J connectivity index is 1.36. The Hall–Kier alpha value is -2.48. The van der Waals surface area contributed by atoms with Crippen LogP contribution in [0.25, 0.3) is 0 Å². The van der Waals surface area contributed by atoms with Crippen LogP contribution in [-0.2, 0) is 24.8 Å². The van der Waals surface area contributed by atoms with E-state index in [2.05, 4.69) is 27.1 Å². The van der Waals surface area contributed by atoms with Crippen LogP contribution >= 0.6 is 0 Å². The number of aromatic nitrogens is 4. The number of amides is 1. The molecule has 1 amide bonds. The summed E-state index contributed by atoms with van der Waals surface area (Å²) in [6, 6.07) is 0. The smallest absolute Gasteiger partial charge is 0.274 e. The SMILES string of the molecule is Cc1nc2c(c(=O)[nH]1)CCC21CCN(C(=O)c2n[nH]c3c2CN(C)CC3)CC1. The van der Waals surface area contributed by atoms with E-state index in [0.29, 0.717) is 24.6 Å². The van der Waals surface area contributed by atoms with Crippen molar-refractivity contribution in [2.75, 3.05) is 26.7 Å². The van der Waals surface area contributed by atoms with Crippen LogP contribution in [0.15, 0.2) is 4.79 Å². The van der Waals surface area contributed by atoms with Crippen LogP contribution in [0.3, 0.4) is 0 Å². The Morgan fingerprint density at radius 1 is 1.11 bits per heavy atom. The van der Waals surface area contributed by atoms with E-state index in [1.54, 1.807) is 0 Å². The highest BCUT2D eigenvalue weighted by molar-refractivity contribution is 5.94. The van der Waals surface area contributed by atoms with Crippen LogP contribution in [0.2, 0.25) is 0 Å². The molecule has 2 aromatic rings. The van der Waals surface area contributed by atoms with Crippen LogP contribution in [0.5, 0.6) is 0 Å². The van der Waals surface area contributed by atoms with Gasteiger partial charge in [-0.2, -0.15) is 5.10 Å². The minimum absolute atomic E-state index is 0.00477. The fourth-order valence-corrected chi connectivity index (χ4v) is 5.15. The third kappa shape index (κ3) is 2.62. The summed E-state index contributed by atoms with van der Waals surface area (Å²) < 4.78 is 0.